The molecule has 0 unspecified atom stereocenters. The summed E-state index contributed by atoms with van der Waals surface area (Å²) in [6.07, 6.45) is 2.60. The van der Waals surface area contributed by atoms with Crippen molar-refractivity contribution in [2.24, 2.45) is 0 Å². The molecule has 1 aliphatic rings. The third kappa shape index (κ3) is 6.38. The summed E-state index contributed by atoms with van der Waals surface area (Å²) in [6, 6.07) is 16.4. The zero-order chi connectivity index (χ0) is 21.6. The monoisotopic (exact) mass is 412 g/mol. The van der Waals surface area contributed by atoms with E-state index in [0.717, 1.165) is 62.6 Å². The second kappa shape index (κ2) is 10.2. The van der Waals surface area contributed by atoms with E-state index in [9.17, 15) is 5.11 Å². The third-order valence-corrected chi connectivity index (χ3v) is 5.91. The van der Waals surface area contributed by atoms with Crippen LogP contribution in [0.15, 0.2) is 48.5 Å². The Labute approximate surface area is 181 Å². The van der Waals surface area contributed by atoms with Crippen molar-refractivity contribution in [1.82, 2.24) is 4.90 Å². The highest BCUT2D eigenvalue weighted by Gasteiger charge is 2.32. The number of aliphatic hydroxyl groups is 1. The van der Waals surface area contributed by atoms with E-state index < -0.39 is 5.60 Å². The molecular formula is C25H36N2O3. The van der Waals surface area contributed by atoms with Gasteiger partial charge >= 0.3 is 0 Å². The number of hydrogen-bond acceptors (Lipinski definition) is 5. The van der Waals surface area contributed by atoms with Crippen molar-refractivity contribution in [3.8, 4) is 11.5 Å². The fourth-order valence-corrected chi connectivity index (χ4v) is 3.92. The average molecular weight is 413 g/mol. The van der Waals surface area contributed by atoms with Gasteiger partial charge in [0.15, 0.2) is 0 Å². The topological polar surface area (TPSA) is 45.2 Å². The van der Waals surface area contributed by atoms with Crippen molar-refractivity contribution in [3.63, 3.8) is 0 Å². The van der Waals surface area contributed by atoms with Gasteiger partial charge in [-0.25, -0.2) is 0 Å². The van der Waals surface area contributed by atoms with E-state index in [2.05, 4.69) is 41.1 Å². The summed E-state index contributed by atoms with van der Waals surface area (Å²) in [6.45, 7) is 7.66. The number of nitrogens with zero attached hydrogens (tertiary/aromatic N) is 2. The van der Waals surface area contributed by atoms with Gasteiger partial charge in [-0.15, -0.1) is 0 Å². The second-order valence-corrected chi connectivity index (χ2v) is 8.68. The molecule has 1 heterocycles. The summed E-state index contributed by atoms with van der Waals surface area (Å²) in [5, 5.41) is 11.1. The van der Waals surface area contributed by atoms with Crippen LogP contribution in [-0.2, 0) is 6.54 Å². The first-order valence-corrected chi connectivity index (χ1v) is 10.9. The van der Waals surface area contributed by atoms with Gasteiger partial charge in [-0.3, -0.25) is 4.90 Å². The Bertz CT molecular complexity index is 766. The Balaban J connectivity index is 1.44. The van der Waals surface area contributed by atoms with Crippen LogP contribution >= 0.6 is 0 Å². The number of ether oxygens (including phenoxy) is 2. The van der Waals surface area contributed by atoms with Gasteiger partial charge in [-0.1, -0.05) is 12.1 Å². The van der Waals surface area contributed by atoms with E-state index in [4.69, 9.17) is 9.47 Å². The first-order chi connectivity index (χ1) is 14.4. The number of rotatable bonds is 9. The summed E-state index contributed by atoms with van der Waals surface area (Å²) in [7, 11) is 3.77. The number of hydrogen-bond donors (Lipinski definition) is 1. The maximum Gasteiger partial charge on any atom is 0.119 e. The normalized spacial score (nSPS) is 16.5. The molecule has 2 aromatic rings. The minimum atomic E-state index is -0.578. The van der Waals surface area contributed by atoms with E-state index in [0.29, 0.717) is 0 Å². The molecule has 1 aliphatic heterocycles. The quantitative estimate of drug-likeness (QED) is 0.664. The molecule has 164 valence electrons. The molecule has 5 nitrogen and oxygen atoms in total. The van der Waals surface area contributed by atoms with Crippen molar-refractivity contribution < 1.29 is 14.6 Å². The van der Waals surface area contributed by atoms with Crippen LogP contribution in [0.1, 0.15) is 38.7 Å². The molecule has 30 heavy (non-hydrogen) atoms. The van der Waals surface area contributed by atoms with Crippen LogP contribution in [0.3, 0.4) is 0 Å². The number of methoxy groups -OCH3 is 1. The molecule has 3 rings (SSSR count). The van der Waals surface area contributed by atoms with Crippen molar-refractivity contribution in [3.05, 3.63) is 54.1 Å². The van der Waals surface area contributed by atoms with Crippen molar-refractivity contribution in [2.75, 3.05) is 38.7 Å². The lowest BCUT2D eigenvalue weighted by molar-refractivity contribution is -0.0275. The Morgan fingerprint density at radius 2 is 1.60 bits per heavy atom. The molecule has 0 bridgehead atoms. The largest absolute Gasteiger partial charge is 0.497 e. The van der Waals surface area contributed by atoms with Gasteiger partial charge in [0, 0.05) is 38.9 Å². The zero-order valence-corrected chi connectivity index (χ0v) is 18.8. The number of anilines is 1. The molecule has 0 spiro atoms. The van der Waals surface area contributed by atoms with Crippen LogP contribution < -0.4 is 14.4 Å². The first-order valence-electron chi connectivity index (χ1n) is 10.9. The maximum absolute atomic E-state index is 11.1. The van der Waals surface area contributed by atoms with Gasteiger partial charge in [0.25, 0.3) is 0 Å². The van der Waals surface area contributed by atoms with Gasteiger partial charge in [0.1, 0.15) is 11.5 Å². The molecule has 1 fully saturated rings. The highest BCUT2D eigenvalue weighted by Crippen LogP contribution is 2.28. The summed E-state index contributed by atoms with van der Waals surface area (Å²) >= 11 is 0. The SMILES string of the molecule is COc1ccc(CN2CCC(O)(CCN(C)c3ccc(OC(C)C)cc3)CC2)cc1. The van der Waals surface area contributed by atoms with Crippen molar-refractivity contribution in [2.45, 2.75) is 51.4 Å². The summed E-state index contributed by atoms with van der Waals surface area (Å²) in [5.41, 5.74) is 1.85. The van der Waals surface area contributed by atoms with Crippen LogP contribution in [0, 0.1) is 0 Å². The summed E-state index contributed by atoms with van der Waals surface area (Å²) in [5.74, 6) is 1.78. The lowest BCUT2D eigenvalue weighted by atomic mass is 9.88. The number of piperidine rings is 1. The van der Waals surface area contributed by atoms with Crippen LogP contribution in [-0.4, -0.2) is 55.5 Å². The Morgan fingerprint density at radius 3 is 2.17 bits per heavy atom. The van der Waals surface area contributed by atoms with Gasteiger partial charge in [-0.2, -0.15) is 0 Å². The lowest BCUT2D eigenvalue weighted by Gasteiger charge is -2.39. The van der Waals surface area contributed by atoms with Crippen LogP contribution in [0.25, 0.3) is 0 Å². The third-order valence-electron chi connectivity index (χ3n) is 5.91. The Kier molecular flexibility index (Phi) is 7.62. The fourth-order valence-electron chi connectivity index (χ4n) is 3.92. The summed E-state index contributed by atoms with van der Waals surface area (Å²) in [4.78, 5) is 4.63. The van der Waals surface area contributed by atoms with E-state index in [1.165, 1.54) is 5.56 Å². The molecular weight excluding hydrogens is 376 g/mol. The molecule has 1 N–H and O–H groups in total. The minimum Gasteiger partial charge on any atom is -0.497 e. The first kappa shape index (κ1) is 22.4. The Morgan fingerprint density at radius 1 is 1.00 bits per heavy atom. The van der Waals surface area contributed by atoms with Crippen molar-refractivity contribution in [1.29, 1.82) is 0 Å². The maximum atomic E-state index is 11.1. The fraction of sp³-hybridized carbons (Fsp3) is 0.520. The predicted octanol–water partition coefficient (Wildman–Crippen LogP) is 4.34. The van der Waals surface area contributed by atoms with Crippen LogP contribution in [0.5, 0.6) is 11.5 Å². The van der Waals surface area contributed by atoms with E-state index >= 15 is 0 Å². The average Bonchev–Trinajstić information content (AvgIpc) is 2.75. The number of likely N-dealkylation sites (tertiary alicyclic amines) is 1. The molecule has 0 aliphatic carbocycles. The molecule has 5 heteroatoms. The molecule has 0 saturated carbocycles. The van der Waals surface area contributed by atoms with Crippen molar-refractivity contribution >= 4 is 5.69 Å². The molecule has 2 aromatic carbocycles. The van der Waals surface area contributed by atoms with Gasteiger partial charge in [0.05, 0.1) is 18.8 Å². The molecule has 0 amide bonds. The number of benzene rings is 2. The molecule has 0 atom stereocenters. The van der Waals surface area contributed by atoms with Crippen LogP contribution in [0.4, 0.5) is 5.69 Å². The molecule has 0 radical (unpaired) electrons. The van der Waals surface area contributed by atoms with Gasteiger partial charge in [0.2, 0.25) is 0 Å². The van der Waals surface area contributed by atoms with E-state index in [1.54, 1.807) is 7.11 Å². The van der Waals surface area contributed by atoms with Crippen LogP contribution in [0.2, 0.25) is 0 Å². The Hall–Kier alpha value is -2.24. The zero-order valence-electron chi connectivity index (χ0n) is 18.8. The highest BCUT2D eigenvalue weighted by molar-refractivity contribution is 5.48. The predicted molar refractivity (Wildman–Crippen MR) is 123 cm³/mol. The molecule has 0 aromatic heterocycles. The second-order valence-electron chi connectivity index (χ2n) is 8.68. The lowest BCUT2D eigenvalue weighted by Crippen LogP contribution is -2.45. The minimum absolute atomic E-state index is 0.179. The standard InChI is InChI=1S/C25H36N2O3/c1-20(2)30-24-11-7-22(8-12-24)26(3)16-13-25(28)14-17-27(18-15-25)19-21-5-9-23(29-4)10-6-21/h5-12,20,28H,13-19H2,1-4H3. The van der Waals surface area contributed by atoms with Gasteiger partial charge < -0.3 is 19.5 Å². The van der Waals surface area contributed by atoms with E-state index in [1.807, 2.05) is 38.1 Å². The molecule has 1 saturated heterocycles. The summed E-state index contributed by atoms with van der Waals surface area (Å²) < 4.78 is 10.9. The highest BCUT2D eigenvalue weighted by atomic mass is 16.5. The van der Waals surface area contributed by atoms with Gasteiger partial charge in [-0.05, 0) is 75.1 Å². The van der Waals surface area contributed by atoms with E-state index in [-0.39, 0.29) is 6.10 Å². The smallest absolute Gasteiger partial charge is 0.119 e.